The van der Waals surface area contributed by atoms with Gasteiger partial charge in [-0.05, 0) is 47.7 Å². The molecule has 194 valence electrons. The van der Waals surface area contributed by atoms with Crippen LogP contribution in [-0.2, 0) is 29.0 Å². The summed E-state index contributed by atoms with van der Waals surface area (Å²) in [6, 6.07) is 20.2. The number of benzene rings is 3. The van der Waals surface area contributed by atoms with Gasteiger partial charge < -0.3 is 10.2 Å². The Morgan fingerprint density at radius 1 is 0.919 bits per heavy atom. The van der Waals surface area contributed by atoms with E-state index in [9.17, 15) is 14.0 Å². The molecule has 0 unspecified atom stereocenters. The molecule has 37 heavy (non-hydrogen) atoms. The number of hydrogen-bond acceptors (Lipinski definition) is 2. The zero-order valence-corrected chi connectivity index (χ0v) is 22.1. The second-order valence-electron chi connectivity index (χ2n) is 9.57. The predicted molar refractivity (Wildman–Crippen MR) is 146 cm³/mol. The predicted octanol–water partition coefficient (Wildman–Crippen LogP) is 6.76. The van der Waals surface area contributed by atoms with Crippen LogP contribution in [0, 0.1) is 5.82 Å². The van der Waals surface area contributed by atoms with Crippen molar-refractivity contribution in [1.82, 2.24) is 10.2 Å². The van der Waals surface area contributed by atoms with E-state index in [-0.39, 0.29) is 36.4 Å². The van der Waals surface area contributed by atoms with Crippen molar-refractivity contribution < 1.29 is 14.0 Å². The first-order valence-corrected chi connectivity index (χ1v) is 13.5. The van der Waals surface area contributed by atoms with Crippen molar-refractivity contribution in [2.75, 3.05) is 0 Å². The standard InChI is InChI=1S/C30H31Cl2FN2O2/c31-24-16-15-23(26(32)19-24)20-35(29(36)18-22-11-7-8-14-27(22)33)28(17-21-9-3-1-4-10-21)30(37)34-25-12-5-2-6-13-25/h1,3-4,7-11,14-16,19,25,28H,2,5-6,12-13,17-18,20H2,(H,34,37)/t28-/m0/s1. The SMILES string of the molecule is O=C(NC1CCCCC1)[C@H](Cc1ccccc1)N(Cc1ccc(Cl)cc1Cl)C(=O)Cc1ccccc1F. The van der Waals surface area contributed by atoms with Gasteiger partial charge in [-0.2, -0.15) is 0 Å². The van der Waals surface area contributed by atoms with Crippen molar-refractivity contribution in [1.29, 1.82) is 0 Å². The lowest BCUT2D eigenvalue weighted by atomic mass is 9.94. The van der Waals surface area contributed by atoms with E-state index in [2.05, 4.69) is 5.32 Å². The number of rotatable bonds is 9. The highest BCUT2D eigenvalue weighted by atomic mass is 35.5. The molecule has 1 saturated carbocycles. The van der Waals surface area contributed by atoms with Crippen LogP contribution < -0.4 is 5.32 Å². The van der Waals surface area contributed by atoms with Gasteiger partial charge in [0, 0.05) is 29.1 Å². The van der Waals surface area contributed by atoms with Crippen LogP contribution in [0.3, 0.4) is 0 Å². The van der Waals surface area contributed by atoms with Crippen molar-refractivity contribution in [3.05, 3.63) is 105 Å². The number of amides is 2. The molecule has 0 aromatic heterocycles. The molecule has 1 aliphatic carbocycles. The zero-order valence-electron chi connectivity index (χ0n) is 20.6. The normalized spacial score (nSPS) is 14.7. The molecule has 1 N–H and O–H groups in total. The minimum absolute atomic E-state index is 0.0853. The zero-order chi connectivity index (χ0) is 26.2. The third kappa shape index (κ3) is 7.56. The molecule has 1 fully saturated rings. The van der Waals surface area contributed by atoms with E-state index in [1.807, 2.05) is 30.3 Å². The van der Waals surface area contributed by atoms with Crippen LogP contribution in [-0.4, -0.2) is 28.8 Å². The molecule has 7 heteroatoms. The molecule has 0 heterocycles. The minimum atomic E-state index is -0.796. The van der Waals surface area contributed by atoms with Crippen LogP contribution in [0.2, 0.25) is 10.0 Å². The fraction of sp³-hybridized carbons (Fsp3) is 0.333. The monoisotopic (exact) mass is 540 g/mol. The van der Waals surface area contributed by atoms with Crippen molar-refractivity contribution >= 4 is 35.0 Å². The lowest BCUT2D eigenvalue weighted by molar-refractivity contribution is -0.141. The molecule has 0 aliphatic heterocycles. The molecule has 3 aromatic rings. The Hall–Kier alpha value is -2.89. The largest absolute Gasteiger partial charge is 0.352 e. The highest BCUT2D eigenvalue weighted by molar-refractivity contribution is 6.35. The Balaban J connectivity index is 1.68. The van der Waals surface area contributed by atoms with Crippen LogP contribution in [0.5, 0.6) is 0 Å². The van der Waals surface area contributed by atoms with E-state index in [4.69, 9.17) is 23.2 Å². The summed E-state index contributed by atoms with van der Waals surface area (Å²) in [7, 11) is 0. The fourth-order valence-electron chi connectivity index (χ4n) is 4.84. The molecule has 0 saturated heterocycles. The van der Waals surface area contributed by atoms with Gasteiger partial charge in [0.1, 0.15) is 11.9 Å². The molecular weight excluding hydrogens is 510 g/mol. The van der Waals surface area contributed by atoms with E-state index in [1.54, 1.807) is 36.4 Å². The van der Waals surface area contributed by atoms with Crippen molar-refractivity contribution in [2.45, 2.75) is 63.6 Å². The summed E-state index contributed by atoms with van der Waals surface area (Å²) in [6.45, 7) is 0.0961. The number of halogens is 3. The van der Waals surface area contributed by atoms with Gasteiger partial charge in [-0.1, -0.05) is 97.1 Å². The number of nitrogens with one attached hydrogen (secondary N) is 1. The van der Waals surface area contributed by atoms with Gasteiger partial charge in [-0.25, -0.2) is 4.39 Å². The summed E-state index contributed by atoms with van der Waals surface area (Å²) < 4.78 is 14.5. The van der Waals surface area contributed by atoms with Crippen LogP contribution in [0.1, 0.15) is 48.8 Å². The van der Waals surface area contributed by atoms with Crippen molar-refractivity contribution in [3.8, 4) is 0 Å². The topological polar surface area (TPSA) is 49.4 Å². The van der Waals surface area contributed by atoms with E-state index < -0.39 is 11.9 Å². The van der Waals surface area contributed by atoms with Gasteiger partial charge >= 0.3 is 0 Å². The summed E-state index contributed by atoms with van der Waals surface area (Å²) in [5.74, 6) is -1.01. The summed E-state index contributed by atoms with van der Waals surface area (Å²) in [5, 5.41) is 4.08. The highest BCUT2D eigenvalue weighted by Gasteiger charge is 2.32. The first kappa shape index (κ1) is 27.2. The number of carbonyl (C=O) groups excluding carboxylic acids is 2. The van der Waals surface area contributed by atoms with Gasteiger partial charge in [0.2, 0.25) is 11.8 Å². The molecule has 4 rings (SSSR count). The molecular formula is C30H31Cl2FN2O2. The second kappa shape index (κ2) is 13.1. The Bertz CT molecular complexity index is 1220. The first-order valence-electron chi connectivity index (χ1n) is 12.7. The third-order valence-corrected chi connectivity index (χ3v) is 7.46. The average molecular weight is 541 g/mol. The maximum Gasteiger partial charge on any atom is 0.243 e. The first-order chi connectivity index (χ1) is 17.9. The Labute approximate surface area is 227 Å². The summed E-state index contributed by atoms with van der Waals surface area (Å²) >= 11 is 12.6. The number of carbonyl (C=O) groups is 2. The minimum Gasteiger partial charge on any atom is -0.352 e. The van der Waals surface area contributed by atoms with E-state index in [0.29, 0.717) is 22.0 Å². The van der Waals surface area contributed by atoms with Crippen LogP contribution in [0.15, 0.2) is 72.8 Å². The van der Waals surface area contributed by atoms with Gasteiger partial charge in [-0.3, -0.25) is 9.59 Å². The Morgan fingerprint density at radius 2 is 1.62 bits per heavy atom. The molecule has 1 atom stereocenters. The van der Waals surface area contributed by atoms with E-state index >= 15 is 0 Å². The second-order valence-corrected chi connectivity index (χ2v) is 10.4. The van der Waals surface area contributed by atoms with Crippen LogP contribution in [0.4, 0.5) is 4.39 Å². The summed E-state index contributed by atoms with van der Waals surface area (Å²) in [5.41, 5.74) is 1.87. The molecule has 0 radical (unpaired) electrons. The third-order valence-electron chi connectivity index (χ3n) is 6.88. The summed E-state index contributed by atoms with van der Waals surface area (Å²) in [4.78, 5) is 29.1. The Kier molecular flexibility index (Phi) is 9.59. The maximum atomic E-state index is 14.5. The molecule has 3 aromatic carbocycles. The highest BCUT2D eigenvalue weighted by Crippen LogP contribution is 2.25. The van der Waals surface area contributed by atoms with Gasteiger partial charge in [0.15, 0.2) is 0 Å². The molecule has 1 aliphatic rings. The maximum absolute atomic E-state index is 14.5. The quantitative estimate of drug-likeness (QED) is 0.325. The van der Waals surface area contributed by atoms with Crippen molar-refractivity contribution in [2.24, 2.45) is 0 Å². The lowest BCUT2D eigenvalue weighted by Crippen LogP contribution is -2.53. The summed E-state index contributed by atoms with van der Waals surface area (Å²) in [6.07, 6.45) is 5.33. The average Bonchev–Trinajstić information content (AvgIpc) is 2.89. The van der Waals surface area contributed by atoms with Crippen molar-refractivity contribution in [3.63, 3.8) is 0 Å². The van der Waals surface area contributed by atoms with E-state index in [0.717, 1.165) is 31.2 Å². The van der Waals surface area contributed by atoms with E-state index in [1.165, 1.54) is 17.4 Å². The van der Waals surface area contributed by atoms with Gasteiger partial charge in [0.05, 0.1) is 6.42 Å². The number of nitrogens with zero attached hydrogens (tertiary/aromatic N) is 1. The smallest absolute Gasteiger partial charge is 0.243 e. The van der Waals surface area contributed by atoms with Crippen LogP contribution in [0.25, 0.3) is 0 Å². The Morgan fingerprint density at radius 3 is 2.32 bits per heavy atom. The molecule has 0 spiro atoms. The fourth-order valence-corrected chi connectivity index (χ4v) is 5.31. The molecule has 2 amide bonds. The van der Waals surface area contributed by atoms with Crippen LogP contribution >= 0.6 is 23.2 Å². The van der Waals surface area contributed by atoms with Gasteiger partial charge in [0.25, 0.3) is 0 Å². The lowest BCUT2D eigenvalue weighted by Gasteiger charge is -2.34. The van der Waals surface area contributed by atoms with Gasteiger partial charge in [-0.15, -0.1) is 0 Å². The molecule has 0 bridgehead atoms. The molecule has 4 nitrogen and oxygen atoms in total. The number of hydrogen-bond donors (Lipinski definition) is 1.